The summed E-state index contributed by atoms with van der Waals surface area (Å²) in [4.78, 5) is 15.5. The number of ether oxygens (including phenoxy) is 1. The van der Waals surface area contributed by atoms with Gasteiger partial charge in [0.05, 0.1) is 31.3 Å². The number of carbonyl (C=O) groups is 1. The van der Waals surface area contributed by atoms with Crippen molar-refractivity contribution in [3.63, 3.8) is 0 Å². The Balaban J connectivity index is 1.29. The number of aromatic nitrogens is 3. The maximum atomic E-state index is 13.2. The molecule has 1 amide bonds. The van der Waals surface area contributed by atoms with Crippen molar-refractivity contribution in [2.45, 2.75) is 19.5 Å². The highest BCUT2D eigenvalue weighted by Gasteiger charge is 2.21. The zero-order chi connectivity index (χ0) is 23.3. The van der Waals surface area contributed by atoms with Crippen LogP contribution in [0.15, 0.2) is 72.8 Å². The summed E-state index contributed by atoms with van der Waals surface area (Å²) in [5, 5.41) is 11.7. The molecule has 174 valence electrons. The van der Waals surface area contributed by atoms with E-state index in [0.29, 0.717) is 12.1 Å². The van der Waals surface area contributed by atoms with E-state index in [1.54, 1.807) is 0 Å². The number of carbonyl (C=O) groups excluding carboxylic acids is 1. The third kappa shape index (κ3) is 5.16. The lowest BCUT2D eigenvalue weighted by Crippen LogP contribution is -2.43. The quantitative estimate of drug-likeness (QED) is 0.461. The number of morpholine rings is 1. The number of hydrogen-bond donors (Lipinski definition) is 1. The van der Waals surface area contributed by atoms with Crippen LogP contribution in [0.1, 0.15) is 33.1 Å². The third-order valence-corrected chi connectivity index (χ3v) is 6.30. The number of nitrogens with zero attached hydrogens (tertiary/aromatic N) is 4. The second kappa shape index (κ2) is 10.2. The van der Waals surface area contributed by atoms with E-state index in [1.165, 1.54) is 5.56 Å². The van der Waals surface area contributed by atoms with Crippen LogP contribution >= 0.6 is 0 Å². The van der Waals surface area contributed by atoms with Crippen molar-refractivity contribution in [2.75, 3.05) is 32.8 Å². The molecule has 1 aliphatic rings. The smallest absolute Gasteiger partial charge is 0.251 e. The second-order valence-corrected chi connectivity index (χ2v) is 8.78. The fraction of sp³-hybridized carbons (Fsp3) is 0.296. The molecule has 3 aromatic carbocycles. The lowest BCUT2D eigenvalue weighted by Gasteiger charge is -2.31. The Morgan fingerprint density at radius 1 is 1.00 bits per heavy atom. The van der Waals surface area contributed by atoms with Gasteiger partial charge in [-0.2, -0.15) is 0 Å². The average Bonchev–Trinajstić information content (AvgIpc) is 3.28. The SMILES string of the molecule is Cc1ccc([C@@H](CN2CCOCC2)NC(=O)c2ccc(Cn3nnc4ccccc43)cc2)cc1. The van der Waals surface area contributed by atoms with E-state index >= 15 is 0 Å². The number of benzene rings is 3. The topological polar surface area (TPSA) is 72.3 Å². The molecule has 4 aromatic rings. The first-order valence-electron chi connectivity index (χ1n) is 11.7. The zero-order valence-corrected chi connectivity index (χ0v) is 19.4. The van der Waals surface area contributed by atoms with Crippen LogP contribution in [0.2, 0.25) is 0 Å². The molecule has 1 aromatic heterocycles. The van der Waals surface area contributed by atoms with Crippen molar-refractivity contribution >= 4 is 16.9 Å². The van der Waals surface area contributed by atoms with Crippen LogP contribution in [0, 0.1) is 6.92 Å². The van der Waals surface area contributed by atoms with Crippen LogP contribution in [-0.2, 0) is 11.3 Å². The molecule has 7 nitrogen and oxygen atoms in total. The highest BCUT2D eigenvalue weighted by molar-refractivity contribution is 5.94. The van der Waals surface area contributed by atoms with Crippen LogP contribution in [0.25, 0.3) is 11.0 Å². The van der Waals surface area contributed by atoms with Crippen LogP contribution in [-0.4, -0.2) is 58.6 Å². The van der Waals surface area contributed by atoms with Crippen molar-refractivity contribution in [3.05, 3.63) is 95.1 Å². The van der Waals surface area contributed by atoms with E-state index < -0.39 is 0 Å². The van der Waals surface area contributed by atoms with Gasteiger partial charge in [0.25, 0.3) is 5.91 Å². The van der Waals surface area contributed by atoms with Gasteiger partial charge in [0.2, 0.25) is 0 Å². The molecule has 1 fully saturated rings. The molecule has 0 spiro atoms. The molecule has 1 saturated heterocycles. The predicted molar refractivity (Wildman–Crippen MR) is 132 cm³/mol. The van der Waals surface area contributed by atoms with Crippen LogP contribution < -0.4 is 5.32 Å². The van der Waals surface area contributed by atoms with E-state index in [0.717, 1.165) is 55.0 Å². The predicted octanol–water partition coefficient (Wildman–Crippen LogP) is 3.59. The Labute approximate surface area is 199 Å². The summed E-state index contributed by atoms with van der Waals surface area (Å²) in [5.74, 6) is -0.0726. The van der Waals surface area contributed by atoms with Gasteiger partial charge < -0.3 is 10.1 Å². The molecule has 0 radical (unpaired) electrons. The summed E-state index contributed by atoms with van der Waals surface area (Å²) in [6.07, 6.45) is 0. The van der Waals surface area contributed by atoms with Crippen LogP contribution in [0.5, 0.6) is 0 Å². The average molecular weight is 456 g/mol. The van der Waals surface area contributed by atoms with E-state index in [9.17, 15) is 4.79 Å². The van der Waals surface area contributed by atoms with Gasteiger partial charge >= 0.3 is 0 Å². The van der Waals surface area contributed by atoms with Gasteiger partial charge in [-0.3, -0.25) is 9.69 Å². The highest BCUT2D eigenvalue weighted by atomic mass is 16.5. The Morgan fingerprint density at radius 2 is 1.74 bits per heavy atom. The molecule has 7 heteroatoms. The lowest BCUT2D eigenvalue weighted by atomic mass is 10.0. The van der Waals surface area contributed by atoms with Gasteiger partial charge in [-0.15, -0.1) is 5.10 Å². The molecule has 0 aliphatic carbocycles. The molecule has 1 N–H and O–H groups in total. The number of hydrogen-bond acceptors (Lipinski definition) is 5. The summed E-state index contributed by atoms with van der Waals surface area (Å²) >= 11 is 0. The Kier molecular flexibility index (Phi) is 6.65. The Hall–Kier alpha value is -3.55. The fourth-order valence-corrected chi connectivity index (χ4v) is 4.29. The maximum Gasteiger partial charge on any atom is 0.251 e. The van der Waals surface area contributed by atoms with Crippen LogP contribution in [0.4, 0.5) is 0 Å². The molecule has 0 unspecified atom stereocenters. The molecule has 1 atom stereocenters. The van der Waals surface area contributed by atoms with Crippen molar-refractivity contribution < 1.29 is 9.53 Å². The van der Waals surface area contributed by atoms with Gasteiger partial charge in [0.15, 0.2) is 0 Å². The van der Waals surface area contributed by atoms with E-state index in [-0.39, 0.29) is 11.9 Å². The number of fused-ring (bicyclic) bond motifs is 1. The molecule has 1 aliphatic heterocycles. The number of nitrogens with one attached hydrogen (secondary N) is 1. The minimum atomic E-state index is -0.0904. The Morgan fingerprint density at radius 3 is 2.50 bits per heavy atom. The third-order valence-electron chi connectivity index (χ3n) is 6.30. The summed E-state index contributed by atoms with van der Waals surface area (Å²) in [7, 11) is 0. The number of amides is 1. The second-order valence-electron chi connectivity index (χ2n) is 8.78. The van der Waals surface area contributed by atoms with Gasteiger partial charge in [0.1, 0.15) is 5.52 Å². The summed E-state index contributed by atoms with van der Waals surface area (Å²) in [5.41, 5.74) is 5.90. The number of para-hydroxylation sites is 1. The summed E-state index contributed by atoms with van der Waals surface area (Å²) < 4.78 is 7.36. The molecule has 34 heavy (non-hydrogen) atoms. The van der Waals surface area contributed by atoms with Gasteiger partial charge in [-0.05, 0) is 42.3 Å². The zero-order valence-electron chi connectivity index (χ0n) is 19.4. The van der Waals surface area contributed by atoms with E-state index in [2.05, 4.69) is 51.7 Å². The minimum absolute atomic E-state index is 0.0726. The molecule has 0 saturated carbocycles. The van der Waals surface area contributed by atoms with Gasteiger partial charge in [-0.1, -0.05) is 59.3 Å². The van der Waals surface area contributed by atoms with Gasteiger partial charge in [-0.25, -0.2) is 4.68 Å². The molecule has 0 bridgehead atoms. The van der Waals surface area contributed by atoms with E-state index in [4.69, 9.17) is 4.74 Å². The standard InChI is InChI=1S/C27H29N5O2/c1-20-6-10-22(11-7-20)25(19-31-14-16-34-17-15-31)28-27(33)23-12-8-21(9-13-23)18-32-26-5-3-2-4-24(26)29-30-32/h2-13,25H,14-19H2,1H3,(H,28,33)/t25-/m1/s1. The van der Waals surface area contributed by atoms with Crippen LogP contribution in [0.3, 0.4) is 0 Å². The van der Waals surface area contributed by atoms with Gasteiger partial charge in [0, 0.05) is 25.2 Å². The monoisotopic (exact) mass is 455 g/mol. The molecular weight excluding hydrogens is 426 g/mol. The normalized spacial score (nSPS) is 15.3. The van der Waals surface area contributed by atoms with Crippen molar-refractivity contribution in [1.29, 1.82) is 0 Å². The van der Waals surface area contributed by atoms with Crippen molar-refractivity contribution in [3.8, 4) is 0 Å². The Bertz CT molecular complexity index is 1240. The summed E-state index contributed by atoms with van der Waals surface area (Å²) in [6, 6.07) is 23.9. The van der Waals surface area contributed by atoms with E-state index in [1.807, 2.05) is 53.2 Å². The highest BCUT2D eigenvalue weighted by Crippen LogP contribution is 2.18. The number of aryl methyl sites for hydroxylation is 1. The summed E-state index contributed by atoms with van der Waals surface area (Å²) in [6.45, 7) is 6.66. The van der Waals surface area contributed by atoms with Crippen molar-refractivity contribution in [1.82, 2.24) is 25.2 Å². The lowest BCUT2D eigenvalue weighted by molar-refractivity contribution is 0.0332. The maximum absolute atomic E-state index is 13.2. The fourth-order valence-electron chi connectivity index (χ4n) is 4.29. The molecular formula is C27H29N5O2. The first-order chi connectivity index (χ1) is 16.7. The van der Waals surface area contributed by atoms with Crippen molar-refractivity contribution in [2.24, 2.45) is 0 Å². The first kappa shape index (κ1) is 22.3. The minimum Gasteiger partial charge on any atom is -0.379 e. The molecule has 5 rings (SSSR count). The number of rotatable bonds is 7. The largest absolute Gasteiger partial charge is 0.379 e. The molecule has 2 heterocycles. The first-order valence-corrected chi connectivity index (χ1v) is 11.7.